The number of benzene rings is 1. The lowest BCUT2D eigenvalue weighted by Gasteiger charge is -2.06. The van der Waals surface area contributed by atoms with Crippen LogP contribution in [0, 0.1) is 0 Å². The molecule has 0 radical (unpaired) electrons. The van der Waals surface area contributed by atoms with E-state index in [1.54, 1.807) is 6.07 Å². The van der Waals surface area contributed by atoms with Crippen LogP contribution < -0.4 is 4.74 Å². The summed E-state index contributed by atoms with van der Waals surface area (Å²) in [6.45, 7) is -2.99. The molecule has 6 heteroatoms. The Labute approximate surface area is 88.5 Å². The highest BCUT2D eigenvalue weighted by Gasteiger charge is 2.13. The lowest BCUT2D eigenvalue weighted by atomic mass is 10.1. The monoisotopic (exact) mass is 227 g/mol. The number of aromatic carboxylic acids is 1. The fourth-order valence-electron chi connectivity index (χ4n) is 1.45. The van der Waals surface area contributed by atoms with Gasteiger partial charge in [-0.05, 0) is 18.2 Å². The van der Waals surface area contributed by atoms with Crippen molar-refractivity contribution < 1.29 is 23.4 Å². The van der Waals surface area contributed by atoms with E-state index in [1.165, 1.54) is 12.3 Å². The molecule has 1 aromatic heterocycles. The van der Waals surface area contributed by atoms with Gasteiger partial charge in [0.05, 0.1) is 11.1 Å². The maximum absolute atomic E-state index is 12.1. The molecule has 0 saturated heterocycles. The summed E-state index contributed by atoms with van der Waals surface area (Å²) in [5, 5.41) is 9.30. The average Bonchev–Trinajstić information content (AvgIpc) is 2.64. The first-order chi connectivity index (χ1) is 7.58. The van der Waals surface area contributed by atoms with Gasteiger partial charge in [0.15, 0.2) is 5.75 Å². The molecule has 1 aromatic carbocycles. The number of hydrogen-bond donors (Lipinski definition) is 2. The number of aromatic nitrogens is 1. The number of nitrogens with one attached hydrogen (secondary N) is 1. The van der Waals surface area contributed by atoms with Gasteiger partial charge in [-0.3, -0.25) is 0 Å². The van der Waals surface area contributed by atoms with Crippen LogP contribution in [0.2, 0.25) is 0 Å². The van der Waals surface area contributed by atoms with Crippen molar-refractivity contribution in [2.24, 2.45) is 0 Å². The Hall–Kier alpha value is -2.11. The number of aromatic amines is 1. The van der Waals surface area contributed by atoms with Gasteiger partial charge in [-0.15, -0.1) is 0 Å². The predicted octanol–water partition coefficient (Wildman–Crippen LogP) is 2.47. The van der Waals surface area contributed by atoms with Gasteiger partial charge in [0.1, 0.15) is 0 Å². The number of alkyl halides is 2. The molecule has 0 atom stereocenters. The highest BCUT2D eigenvalue weighted by molar-refractivity contribution is 5.96. The highest BCUT2D eigenvalue weighted by atomic mass is 19.3. The number of halogens is 2. The van der Waals surface area contributed by atoms with Crippen molar-refractivity contribution in [3.8, 4) is 5.75 Å². The van der Waals surface area contributed by atoms with Gasteiger partial charge in [0.25, 0.3) is 0 Å². The third-order valence-electron chi connectivity index (χ3n) is 2.09. The fourth-order valence-corrected chi connectivity index (χ4v) is 1.45. The third-order valence-corrected chi connectivity index (χ3v) is 2.09. The Kier molecular flexibility index (Phi) is 2.47. The van der Waals surface area contributed by atoms with Gasteiger partial charge in [0.2, 0.25) is 0 Å². The van der Waals surface area contributed by atoms with Gasteiger partial charge in [-0.2, -0.15) is 8.78 Å². The smallest absolute Gasteiger partial charge is 0.387 e. The minimum Gasteiger partial charge on any atom is -0.478 e. The molecular weight excluding hydrogens is 220 g/mol. The summed E-state index contributed by atoms with van der Waals surface area (Å²) in [6, 6.07) is 4.03. The molecule has 0 spiro atoms. The summed E-state index contributed by atoms with van der Waals surface area (Å²) < 4.78 is 28.5. The Balaban J connectivity index is 2.59. The molecule has 0 fully saturated rings. The van der Waals surface area contributed by atoms with E-state index in [0.717, 1.165) is 6.07 Å². The van der Waals surface area contributed by atoms with Crippen molar-refractivity contribution in [1.29, 1.82) is 0 Å². The van der Waals surface area contributed by atoms with Crippen LogP contribution in [-0.4, -0.2) is 22.7 Å². The number of carboxylic acids is 1. The summed E-state index contributed by atoms with van der Waals surface area (Å²) in [5.74, 6) is -1.36. The number of fused-ring (bicyclic) bond motifs is 1. The molecule has 0 saturated carbocycles. The van der Waals surface area contributed by atoms with Crippen molar-refractivity contribution in [2.45, 2.75) is 6.61 Å². The quantitative estimate of drug-likeness (QED) is 0.846. The van der Waals surface area contributed by atoms with E-state index < -0.39 is 12.6 Å². The lowest BCUT2D eigenvalue weighted by molar-refractivity contribution is -0.0489. The first-order valence-corrected chi connectivity index (χ1v) is 4.37. The molecular formula is C10H7F2NO3. The zero-order valence-electron chi connectivity index (χ0n) is 7.91. The van der Waals surface area contributed by atoms with Gasteiger partial charge >= 0.3 is 12.6 Å². The van der Waals surface area contributed by atoms with Crippen LogP contribution in [0.3, 0.4) is 0 Å². The summed E-state index contributed by atoms with van der Waals surface area (Å²) in [7, 11) is 0. The number of ether oxygens (including phenoxy) is 1. The largest absolute Gasteiger partial charge is 0.478 e. The summed E-state index contributed by atoms with van der Waals surface area (Å²) >= 11 is 0. The Bertz CT molecular complexity index is 536. The van der Waals surface area contributed by atoms with Gasteiger partial charge < -0.3 is 14.8 Å². The van der Waals surface area contributed by atoms with E-state index in [4.69, 9.17) is 5.11 Å². The van der Waals surface area contributed by atoms with E-state index in [2.05, 4.69) is 9.72 Å². The molecule has 84 valence electrons. The van der Waals surface area contributed by atoms with Crippen molar-refractivity contribution in [1.82, 2.24) is 4.98 Å². The standard InChI is InChI=1S/C10H7F2NO3/c11-10(12)16-7-4-6(9(14)15)3-5-1-2-13-8(5)7/h1-4,10,13H,(H,14,15). The number of carbonyl (C=O) groups is 1. The Morgan fingerprint density at radius 1 is 1.44 bits per heavy atom. The number of rotatable bonds is 3. The van der Waals surface area contributed by atoms with Gasteiger partial charge in [-0.25, -0.2) is 4.79 Å². The van der Waals surface area contributed by atoms with Crippen molar-refractivity contribution in [3.63, 3.8) is 0 Å². The molecule has 0 aliphatic heterocycles. The Morgan fingerprint density at radius 3 is 2.81 bits per heavy atom. The van der Waals surface area contributed by atoms with Gasteiger partial charge in [0, 0.05) is 11.6 Å². The van der Waals surface area contributed by atoms with E-state index in [1.807, 2.05) is 0 Å². The van der Waals surface area contributed by atoms with Gasteiger partial charge in [-0.1, -0.05) is 0 Å². The van der Waals surface area contributed by atoms with Crippen LogP contribution >= 0.6 is 0 Å². The normalized spacial score (nSPS) is 10.9. The summed E-state index contributed by atoms with van der Waals surface area (Å²) in [5.41, 5.74) is 0.257. The van der Waals surface area contributed by atoms with E-state index >= 15 is 0 Å². The second-order valence-electron chi connectivity index (χ2n) is 3.10. The minimum absolute atomic E-state index is 0.0947. The first kappa shape index (κ1) is 10.4. The minimum atomic E-state index is -2.99. The maximum atomic E-state index is 12.1. The van der Waals surface area contributed by atoms with Crippen LogP contribution in [0.5, 0.6) is 5.75 Å². The zero-order chi connectivity index (χ0) is 11.7. The molecule has 2 N–H and O–H groups in total. The molecule has 2 rings (SSSR count). The van der Waals surface area contributed by atoms with Crippen molar-refractivity contribution >= 4 is 16.9 Å². The molecule has 0 aliphatic carbocycles. The van der Waals surface area contributed by atoms with Crippen LogP contribution in [0.1, 0.15) is 10.4 Å². The number of carboxylic acid groups (broad SMARTS) is 1. The van der Waals surface area contributed by atoms with Crippen molar-refractivity contribution in [2.75, 3.05) is 0 Å². The molecule has 0 amide bonds. The van der Waals surface area contributed by atoms with E-state index in [9.17, 15) is 13.6 Å². The van der Waals surface area contributed by atoms with E-state index in [0.29, 0.717) is 10.9 Å². The second kappa shape index (κ2) is 3.80. The molecule has 1 heterocycles. The summed E-state index contributed by atoms with van der Waals surface area (Å²) in [4.78, 5) is 13.5. The topological polar surface area (TPSA) is 62.3 Å². The lowest BCUT2D eigenvalue weighted by Crippen LogP contribution is -2.04. The molecule has 0 bridgehead atoms. The second-order valence-corrected chi connectivity index (χ2v) is 3.10. The fraction of sp³-hybridized carbons (Fsp3) is 0.100. The SMILES string of the molecule is O=C(O)c1cc(OC(F)F)c2[nH]ccc2c1. The van der Waals surface area contributed by atoms with E-state index in [-0.39, 0.29) is 11.3 Å². The molecule has 0 aliphatic rings. The van der Waals surface area contributed by atoms with Crippen molar-refractivity contribution in [3.05, 3.63) is 30.0 Å². The third kappa shape index (κ3) is 1.81. The maximum Gasteiger partial charge on any atom is 0.387 e. The molecule has 4 nitrogen and oxygen atoms in total. The van der Waals surface area contributed by atoms with Crippen LogP contribution in [0.25, 0.3) is 10.9 Å². The Morgan fingerprint density at radius 2 is 2.19 bits per heavy atom. The zero-order valence-corrected chi connectivity index (χ0v) is 7.91. The number of hydrogen-bond acceptors (Lipinski definition) is 2. The molecule has 0 unspecified atom stereocenters. The van der Waals surface area contributed by atoms with Crippen LogP contribution in [0.15, 0.2) is 24.4 Å². The predicted molar refractivity (Wildman–Crippen MR) is 51.9 cm³/mol. The molecule has 16 heavy (non-hydrogen) atoms. The first-order valence-electron chi connectivity index (χ1n) is 4.37. The van der Waals surface area contributed by atoms with Crippen LogP contribution in [-0.2, 0) is 0 Å². The highest BCUT2D eigenvalue weighted by Crippen LogP contribution is 2.27. The summed E-state index contributed by atoms with van der Waals surface area (Å²) in [6.07, 6.45) is 1.52. The van der Waals surface area contributed by atoms with Crippen LogP contribution in [0.4, 0.5) is 8.78 Å². The molecule has 2 aromatic rings. The number of H-pyrrole nitrogens is 1. The average molecular weight is 227 g/mol.